The van der Waals surface area contributed by atoms with E-state index in [1.165, 1.54) is 5.56 Å². The third-order valence-electron chi connectivity index (χ3n) is 5.90. The summed E-state index contributed by atoms with van der Waals surface area (Å²) in [5.41, 5.74) is 8.69. The van der Waals surface area contributed by atoms with Gasteiger partial charge in [-0.1, -0.05) is 49.4 Å². The molecule has 1 aromatic heterocycles. The predicted octanol–water partition coefficient (Wildman–Crippen LogP) is 5.21. The average Bonchev–Trinajstić information content (AvgIpc) is 3.54. The zero-order valence-corrected chi connectivity index (χ0v) is 16.7. The Morgan fingerprint density at radius 3 is 2.41 bits per heavy atom. The van der Waals surface area contributed by atoms with Crippen LogP contribution >= 0.6 is 0 Å². The molecule has 1 aliphatic rings. The highest BCUT2D eigenvalue weighted by atomic mass is 16.4. The average molecular weight is 389 g/mol. The van der Waals surface area contributed by atoms with Gasteiger partial charge in [-0.15, -0.1) is 0 Å². The summed E-state index contributed by atoms with van der Waals surface area (Å²) in [7, 11) is 0. The van der Waals surface area contributed by atoms with Crippen molar-refractivity contribution in [1.82, 2.24) is 0 Å². The molecule has 2 atom stereocenters. The molecule has 0 bridgehead atoms. The number of anilines is 1. The molecule has 1 saturated carbocycles. The lowest BCUT2D eigenvalue weighted by Crippen LogP contribution is -2.17. The number of rotatable bonds is 7. The Bertz CT molecular complexity index is 1040. The summed E-state index contributed by atoms with van der Waals surface area (Å²) in [5.74, 6) is 0.939. The van der Waals surface area contributed by atoms with Gasteiger partial charge in [-0.2, -0.15) is 0 Å². The van der Waals surface area contributed by atoms with Gasteiger partial charge in [0, 0.05) is 24.1 Å². The van der Waals surface area contributed by atoms with Crippen molar-refractivity contribution < 1.29 is 9.52 Å². The minimum Gasteiger partial charge on any atom is -0.507 e. The van der Waals surface area contributed by atoms with Crippen LogP contribution in [-0.2, 0) is 6.42 Å². The molecular formula is C25H27NO3. The molecule has 2 unspecified atom stereocenters. The molecule has 3 N–H and O–H groups in total. The van der Waals surface area contributed by atoms with E-state index in [2.05, 4.69) is 19.1 Å². The van der Waals surface area contributed by atoms with E-state index in [0.29, 0.717) is 29.3 Å². The Hall–Kier alpha value is -3.01. The molecule has 0 amide bonds. The summed E-state index contributed by atoms with van der Waals surface area (Å²) in [6.07, 6.45) is 3.57. The van der Waals surface area contributed by atoms with Crippen LogP contribution in [0, 0.1) is 5.92 Å². The molecule has 4 nitrogen and oxygen atoms in total. The van der Waals surface area contributed by atoms with Crippen molar-refractivity contribution in [2.75, 3.05) is 5.73 Å². The van der Waals surface area contributed by atoms with Gasteiger partial charge in [-0.3, -0.25) is 0 Å². The van der Waals surface area contributed by atoms with Crippen LogP contribution in [0.25, 0.3) is 0 Å². The van der Waals surface area contributed by atoms with Gasteiger partial charge in [0.05, 0.1) is 5.56 Å². The van der Waals surface area contributed by atoms with E-state index in [4.69, 9.17) is 10.2 Å². The van der Waals surface area contributed by atoms with Crippen molar-refractivity contribution in [2.45, 2.75) is 44.4 Å². The number of benzene rings is 2. The van der Waals surface area contributed by atoms with E-state index in [1.807, 2.05) is 42.5 Å². The van der Waals surface area contributed by atoms with Crippen LogP contribution in [0.15, 0.2) is 69.9 Å². The van der Waals surface area contributed by atoms with E-state index in [1.54, 1.807) is 6.07 Å². The predicted molar refractivity (Wildman–Crippen MR) is 115 cm³/mol. The fourth-order valence-electron chi connectivity index (χ4n) is 4.25. The SMILES string of the molecule is CCC(Cc1cc(O)c(C(c2cccc(N)c2)C2CC2)c(=O)o1)c1ccccc1. The molecule has 1 aliphatic carbocycles. The zero-order valence-electron chi connectivity index (χ0n) is 16.7. The maximum Gasteiger partial charge on any atom is 0.343 e. The standard InChI is InChI=1S/C25H27NO3/c1-2-16(17-7-4-3-5-8-17)14-21-15-22(27)24(25(28)29-21)23(18-11-12-18)19-9-6-10-20(26)13-19/h3-10,13,15-16,18,23,27H,2,11-12,14,26H2,1H3. The monoisotopic (exact) mass is 389 g/mol. The van der Waals surface area contributed by atoms with Crippen LogP contribution < -0.4 is 11.4 Å². The second-order valence-corrected chi connectivity index (χ2v) is 8.00. The first-order chi connectivity index (χ1) is 14.1. The summed E-state index contributed by atoms with van der Waals surface area (Å²) in [6.45, 7) is 2.12. The maximum atomic E-state index is 12.9. The van der Waals surface area contributed by atoms with Crippen molar-refractivity contribution >= 4 is 5.69 Å². The van der Waals surface area contributed by atoms with Gasteiger partial charge in [0.25, 0.3) is 0 Å². The van der Waals surface area contributed by atoms with Crippen molar-refractivity contribution in [3.05, 3.63) is 93.5 Å². The molecule has 4 rings (SSSR count). The number of aromatic hydroxyl groups is 1. The van der Waals surface area contributed by atoms with E-state index >= 15 is 0 Å². The first kappa shape index (κ1) is 19.3. The van der Waals surface area contributed by atoms with Gasteiger partial charge in [0.1, 0.15) is 11.5 Å². The van der Waals surface area contributed by atoms with Crippen molar-refractivity contribution in [2.24, 2.45) is 5.92 Å². The van der Waals surface area contributed by atoms with Gasteiger partial charge in [-0.25, -0.2) is 4.79 Å². The molecule has 3 aromatic rings. The number of nitrogen functional groups attached to an aromatic ring is 1. The summed E-state index contributed by atoms with van der Waals surface area (Å²) in [6, 6.07) is 19.4. The quantitative estimate of drug-likeness (QED) is 0.544. The summed E-state index contributed by atoms with van der Waals surface area (Å²) in [5, 5.41) is 10.8. The van der Waals surface area contributed by atoms with Crippen LogP contribution in [0.5, 0.6) is 5.75 Å². The molecule has 2 aromatic carbocycles. The molecule has 4 heteroatoms. The molecule has 0 aliphatic heterocycles. The van der Waals surface area contributed by atoms with Crippen LogP contribution in [-0.4, -0.2) is 5.11 Å². The van der Waals surface area contributed by atoms with Gasteiger partial charge in [0.2, 0.25) is 0 Å². The van der Waals surface area contributed by atoms with E-state index in [-0.39, 0.29) is 17.6 Å². The fourth-order valence-corrected chi connectivity index (χ4v) is 4.25. The molecular weight excluding hydrogens is 362 g/mol. The topological polar surface area (TPSA) is 76.5 Å². The molecule has 29 heavy (non-hydrogen) atoms. The van der Waals surface area contributed by atoms with Gasteiger partial charge in [-0.05, 0) is 54.4 Å². The lowest BCUT2D eigenvalue weighted by atomic mass is 9.86. The Balaban J connectivity index is 1.67. The first-order valence-electron chi connectivity index (χ1n) is 10.3. The molecule has 150 valence electrons. The number of hydrogen-bond acceptors (Lipinski definition) is 4. The van der Waals surface area contributed by atoms with Gasteiger partial charge < -0.3 is 15.3 Å². The second-order valence-electron chi connectivity index (χ2n) is 8.00. The lowest BCUT2D eigenvalue weighted by molar-refractivity contribution is 0.395. The van der Waals surface area contributed by atoms with Crippen molar-refractivity contribution in [1.29, 1.82) is 0 Å². The minimum absolute atomic E-state index is 0.0264. The summed E-state index contributed by atoms with van der Waals surface area (Å²) in [4.78, 5) is 12.9. The summed E-state index contributed by atoms with van der Waals surface area (Å²) >= 11 is 0. The van der Waals surface area contributed by atoms with Crippen LogP contribution in [0.1, 0.15) is 60.5 Å². The molecule has 1 fully saturated rings. The fraction of sp³-hybridized carbons (Fsp3) is 0.320. The van der Waals surface area contributed by atoms with Crippen LogP contribution in [0.3, 0.4) is 0 Å². The maximum absolute atomic E-state index is 12.9. The molecule has 0 saturated heterocycles. The first-order valence-corrected chi connectivity index (χ1v) is 10.3. The number of hydrogen-bond donors (Lipinski definition) is 2. The normalized spacial score (nSPS) is 15.8. The van der Waals surface area contributed by atoms with Crippen molar-refractivity contribution in [3.63, 3.8) is 0 Å². The number of nitrogens with two attached hydrogens (primary N) is 1. The smallest absolute Gasteiger partial charge is 0.343 e. The largest absolute Gasteiger partial charge is 0.507 e. The highest BCUT2D eigenvalue weighted by Gasteiger charge is 2.37. The minimum atomic E-state index is -0.442. The Morgan fingerprint density at radius 1 is 1.07 bits per heavy atom. The van der Waals surface area contributed by atoms with E-state index in [0.717, 1.165) is 24.8 Å². The van der Waals surface area contributed by atoms with Crippen LogP contribution in [0.2, 0.25) is 0 Å². The van der Waals surface area contributed by atoms with Crippen molar-refractivity contribution in [3.8, 4) is 5.75 Å². The third-order valence-corrected chi connectivity index (χ3v) is 5.90. The second kappa shape index (κ2) is 8.16. The molecule has 0 spiro atoms. The van der Waals surface area contributed by atoms with E-state index in [9.17, 15) is 9.90 Å². The highest BCUT2D eigenvalue weighted by molar-refractivity contribution is 5.47. The van der Waals surface area contributed by atoms with E-state index < -0.39 is 5.63 Å². The zero-order chi connectivity index (χ0) is 20.4. The highest BCUT2D eigenvalue weighted by Crippen LogP contribution is 2.47. The summed E-state index contributed by atoms with van der Waals surface area (Å²) < 4.78 is 5.71. The Labute approximate surface area is 171 Å². The Kier molecular flexibility index (Phi) is 5.43. The Morgan fingerprint density at radius 2 is 1.79 bits per heavy atom. The van der Waals surface area contributed by atoms with Gasteiger partial charge >= 0.3 is 5.63 Å². The molecule has 1 heterocycles. The van der Waals surface area contributed by atoms with Gasteiger partial charge in [0.15, 0.2) is 0 Å². The third kappa shape index (κ3) is 4.21. The lowest BCUT2D eigenvalue weighted by Gasteiger charge is -2.19. The van der Waals surface area contributed by atoms with Crippen LogP contribution in [0.4, 0.5) is 5.69 Å². The molecule has 0 radical (unpaired) electrons.